The summed E-state index contributed by atoms with van der Waals surface area (Å²) in [5.41, 5.74) is 2.17. The summed E-state index contributed by atoms with van der Waals surface area (Å²) >= 11 is 0. The maximum atomic E-state index is 11.2. The van der Waals surface area contributed by atoms with Crippen molar-refractivity contribution in [2.24, 2.45) is 0 Å². The Morgan fingerprint density at radius 2 is 2.11 bits per heavy atom. The van der Waals surface area contributed by atoms with Crippen LogP contribution in [0.4, 0.5) is 5.69 Å². The van der Waals surface area contributed by atoms with Gasteiger partial charge in [0.05, 0.1) is 12.8 Å². The Morgan fingerprint density at radius 3 is 2.68 bits per heavy atom. The fourth-order valence-electron chi connectivity index (χ4n) is 2.20. The summed E-state index contributed by atoms with van der Waals surface area (Å²) in [6, 6.07) is 1.87. The van der Waals surface area contributed by atoms with Gasteiger partial charge in [0.15, 0.2) is 0 Å². The van der Waals surface area contributed by atoms with Gasteiger partial charge in [0.25, 0.3) is 0 Å². The lowest BCUT2D eigenvalue weighted by Gasteiger charge is -2.30. The van der Waals surface area contributed by atoms with E-state index in [9.17, 15) is 4.79 Å². The summed E-state index contributed by atoms with van der Waals surface area (Å²) in [4.78, 5) is 11.2. The van der Waals surface area contributed by atoms with Gasteiger partial charge in [0.1, 0.15) is 17.1 Å². The van der Waals surface area contributed by atoms with Crippen LogP contribution < -0.4 is 14.8 Å². The molecule has 2 rings (SSSR count). The number of benzene rings is 1. The third-order valence-electron chi connectivity index (χ3n) is 3.03. The predicted molar refractivity (Wildman–Crippen MR) is 75.8 cm³/mol. The zero-order chi connectivity index (χ0) is 14.2. The number of nitrogens with one attached hydrogen (secondary N) is 1. The van der Waals surface area contributed by atoms with E-state index in [0.717, 1.165) is 16.9 Å². The van der Waals surface area contributed by atoms with E-state index in [4.69, 9.17) is 9.47 Å². The second-order valence-corrected chi connectivity index (χ2v) is 5.22. The van der Waals surface area contributed by atoms with E-state index < -0.39 is 0 Å². The minimum absolute atomic E-state index is 0.126. The minimum atomic E-state index is -0.335. The molecule has 1 N–H and O–H groups in total. The van der Waals surface area contributed by atoms with E-state index in [1.54, 1.807) is 7.11 Å². The van der Waals surface area contributed by atoms with Crippen molar-refractivity contribution in [3.05, 3.63) is 23.3 Å². The van der Waals surface area contributed by atoms with Gasteiger partial charge in [-0.3, -0.25) is 4.79 Å². The Bertz CT molecular complexity index is 559. The molecule has 0 unspecified atom stereocenters. The Balaban J connectivity index is 2.57. The SMILES string of the molecule is COc1c(NC(C)=O)cc2c(c1C)OC(C)(C)C=C2. The van der Waals surface area contributed by atoms with Crippen molar-refractivity contribution < 1.29 is 14.3 Å². The standard InChI is InChI=1S/C15H19NO3/c1-9-13-11(6-7-15(3,4)19-13)8-12(14(9)18-5)16-10(2)17/h6-8H,1-5H3,(H,16,17). The first kappa shape index (κ1) is 13.5. The van der Waals surface area contributed by atoms with Gasteiger partial charge in [-0.2, -0.15) is 0 Å². The lowest BCUT2D eigenvalue weighted by atomic mass is 9.99. The Morgan fingerprint density at radius 1 is 1.42 bits per heavy atom. The Labute approximate surface area is 113 Å². The molecule has 4 nitrogen and oxygen atoms in total. The van der Waals surface area contributed by atoms with Crippen LogP contribution in [0, 0.1) is 6.92 Å². The molecule has 0 spiro atoms. The van der Waals surface area contributed by atoms with Crippen LogP contribution in [0.3, 0.4) is 0 Å². The van der Waals surface area contributed by atoms with Crippen LogP contribution in [-0.4, -0.2) is 18.6 Å². The third kappa shape index (κ3) is 2.57. The van der Waals surface area contributed by atoms with Crippen molar-refractivity contribution in [1.29, 1.82) is 0 Å². The van der Waals surface area contributed by atoms with Gasteiger partial charge < -0.3 is 14.8 Å². The largest absolute Gasteiger partial charge is 0.494 e. The fourth-order valence-corrected chi connectivity index (χ4v) is 2.20. The highest BCUT2D eigenvalue weighted by atomic mass is 16.5. The Hall–Kier alpha value is -1.97. The number of carbonyl (C=O) groups is 1. The molecule has 0 radical (unpaired) electrons. The molecular formula is C15H19NO3. The number of amides is 1. The zero-order valence-electron chi connectivity index (χ0n) is 12.0. The predicted octanol–water partition coefficient (Wildman–Crippen LogP) is 3.15. The van der Waals surface area contributed by atoms with Crippen LogP contribution in [0.25, 0.3) is 6.08 Å². The van der Waals surface area contributed by atoms with Crippen molar-refractivity contribution >= 4 is 17.7 Å². The highest BCUT2D eigenvalue weighted by Crippen LogP contribution is 2.42. The highest BCUT2D eigenvalue weighted by molar-refractivity contribution is 5.92. The molecule has 0 atom stereocenters. The number of carbonyl (C=O) groups excluding carboxylic acids is 1. The summed E-state index contributed by atoms with van der Waals surface area (Å²) in [7, 11) is 1.59. The van der Waals surface area contributed by atoms with E-state index in [1.807, 2.05) is 39.0 Å². The van der Waals surface area contributed by atoms with Crippen LogP contribution in [0.15, 0.2) is 12.1 Å². The first-order valence-electron chi connectivity index (χ1n) is 6.21. The molecule has 1 aromatic rings. The van der Waals surface area contributed by atoms with E-state index in [-0.39, 0.29) is 11.5 Å². The normalized spacial score (nSPS) is 15.4. The lowest BCUT2D eigenvalue weighted by molar-refractivity contribution is -0.114. The van der Waals surface area contributed by atoms with Crippen LogP contribution in [-0.2, 0) is 4.79 Å². The quantitative estimate of drug-likeness (QED) is 0.889. The van der Waals surface area contributed by atoms with Crippen LogP contribution >= 0.6 is 0 Å². The van der Waals surface area contributed by atoms with Gasteiger partial charge >= 0.3 is 0 Å². The summed E-state index contributed by atoms with van der Waals surface area (Å²) in [6.45, 7) is 7.40. The summed E-state index contributed by atoms with van der Waals surface area (Å²) in [5, 5.41) is 2.78. The average Bonchev–Trinajstić information content (AvgIpc) is 2.30. The second kappa shape index (κ2) is 4.61. The maximum absolute atomic E-state index is 11.2. The number of rotatable bonds is 2. The molecule has 0 bridgehead atoms. The van der Waals surface area contributed by atoms with Crippen molar-refractivity contribution in [2.45, 2.75) is 33.3 Å². The lowest BCUT2D eigenvalue weighted by Crippen LogP contribution is -2.28. The highest BCUT2D eigenvalue weighted by Gasteiger charge is 2.26. The maximum Gasteiger partial charge on any atom is 0.221 e. The van der Waals surface area contributed by atoms with Gasteiger partial charge in [-0.15, -0.1) is 0 Å². The number of hydrogen-bond acceptors (Lipinski definition) is 3. The molecule has 0 saturated carbocycles. The molecule has 1 aliphatic rings. The number of fused-ring (bicyclic) bond motifs is 1. The summed E-state index contributed by atoms with van der Waals surface area (Å²) < 4.78 is 11.4. The average molecular weight is 261 g/mol. The molecule has 4 heteroatoms. The summed E-state index contributed by atoms with van der Waals surface area (Å²) in [6.07, 6.45) is 4.01. The van der Waals surface area contributed by atoms with Crippen LogP contribution in [0.5, 0.6) is 11.5 Å². The van der Waals surface area contributed by atoms with Crippen LogP contribution in [0.2, 0.25) is 0 Å². The van der Waals surface area contributed by atoms with E-state index in [1.165, 1.54) is 6.92 Å². The van der Waals surface area contributed by atoms with E-state index in [0.29, 0.717) is 11.4 Å². The van der Waals surface area contributed by atoms with Gasteiger partial charge in [0, 0.05) is 18.1 Å². The molecular weight excluding hydrogens is 242 g/mol. The van der Waals surface area contributed by atoms with Gasteiger partial charge in [-0.25, -0.2) is 0 Å². The number of ether oxygens (including phenoxy) is 2. The zero-order valence-corrected chi connectivity index (χ0v) is 12.0. The molecule has 1 heterocycles. The first-order chi connectivity index (χ1) is 8.84. The fraction of sp³-hybridized carbons (Fsp3) is 0.400. The smallest absolute Gasteiger partial charge is 0.221 e. The molecule has 19 heavy (non-hydrogen) atoms. The van der Waals surface area contributed by atoms with Crippen molar-refractivity contribution in [3.8, 4) is 11.5 Å². The Kier molecular flexibility index (Phi) is 3.27. The van der Waals surface area contributed by atoms with E-state index >= 15 is 0 Å². The van der Waals surface area contributed by atoms with Gasteiger partial charge in [-0.05, 0) is 32.9 Å². The molecule has 0 saturated heterocycles. The molecule has 0 fully saturated rings. The van der Waals surface area contributed by atoms with Crippen molar-refractivity contribution in [3.63, 3.8) is 0 Å². The molecule has 1 aliphatic heterocycles. The summed E-state index contributed by atoms with van der Waals surface area (Å²) in [5.74, 6) is 1.32. The van der Waals surface area contributed by atoms with Crippen molar-refractivity contribution in [2.75, 3.05) is 12.4 Å². The number of anilines is 1. The third-order valence-corrected chi connectivity index (χ3v) is 3.03. The monoisotopic (exact) mass is 261 g/mol. The topological polar surface area (TPSA) is 47.6 Å². The number of methoxy groups -OCH3 is 1. The van der Waals surface area contributed by atoms with Crippen LogP contribution in [0.1, 0.15) is 31.9 Å². The molecule has 0 aliphatic carbocycles. The van der Waals surface area contributed by atoms with Gasteiger partial charge in [0.2, 0.25) is 5.91 Å². The number of hydrogen-bond donors (Lipinski definition) is 1. The minimum Gasteiger partial charge on any atom is -0.494 e. The second-order valence-electron chi connectivity index (χ2n) is 5.22. The molecule has 1 aromatic carbocycles. The van der Waals surface area contributed by atoms with E-state index in [2.05, 4.69) is 5.32 Å². The van der Waals surface area contributed by atoms with Crippen molar-refractivity contribution in [1.82, 2.24) is 0 Å². The molecule has 0 aromatic heterocycles. The van der Waals surface area contributed by atoms with Gasteiger partial charge in [-0.1, -0.05) is 6.08 Å². The first-order valence-corrected chi connectivity index (χ1v) is 6.21. The molecule has 102 valence electrons. The molecule has 1 amide bonds.